The fourth-order valence-electron chi connectivity index (χ4n) is 4.98. The maximum Gasteiger partial charge on any atom is 0.338 e. The van der Waals surface area contributed by atoms with Gasteiger partial charge in [-0.05, 0) is 29.7 Å². The summed E-state index contributed by atoms with van der Waals surface area (Å²) in [6.07, 6.45) is 1.42. The number of nitrogens with two attached hydrogens (primary N) is 1. The van der Waals surface area contributed by atoms with Crippen LogP contribution in [0.2, 0.25) is 0 Å². The van der Waals surface area contributed by atoms with Gasteiger partial charge in [-0.25, -0.2) is 4.79 Å². The van der Waals surface area contributed by atoms with Gasteiger partial charge in [-0.3, -0.25) is 34.4 Å². The first-order valence-corrected chi connectivity index (χ1v) is 14.4. The molecule has 45 heavy (non-hydrogen) atoms. The number of carbonyl (C=O) groups excluding carboxylic acids is 2. The van der Waals surface area contributed by atoms with Crippen molar-refractivity contribution in [3.63, 3.8) is 0 Å². The first-order chi connectivity index (χ1) is 21.6. The van der Waals surface area contributed by atoms with Crippen molar-refractivity contribution in [2.75, 3.05) is 6.61 Å². The molecule has 0 bridgehead atoms. The van der Waals surface area contributed by atoms with E-state index in [0.717, 1.165) is 21.5 Å². The largest absolute Gasteiger partial charge is 0.463 e. The highest BCUT2D eigenvalue weighted by Gasteiger charge is 2.39. The van der Waals surface area contributed by atoms with E-state index in [-0.39, 0.29) is 56.3 Å². The van der Waals surface area contributed by atoms with Gasteiger partial charge in [0.25, 0.3) is 22.8 Å². The van der Waals surface area contributed by atoms with Crippen molar-refractivity contribution in [3.8, 4) is 0 Å². The van der Waals surface area contributed by atoms with E-state index in [9.17, 15) is 34.6 Å². The zero-order valence-corrected chi connectivity index (χ0v) is 24.5. The van der Waals surface area contributed by atoms with Gasteiger partial charge < -0.3 is 15.8 Å². The molecule has 1 aliphatic heterocycles. The predicted octanol–water partition coefficient (Wildman–Crippen LogP) is 2.51. The van der Waals surface area contributed by atoms with Crippen LogP contribution in [0.5, 0.6) is 0 Å². The van der Waals surface area contributed by atoms with E-state index in [2.05, 4.69) is 5.32 Å². The first-order valence-electron chi connectivity index (χ1n) is 13.6. The minimum Gasteiger partial charge on any atom is -0.463 e. The third-order valence-electron chi connectivity index (χ3n) is 6.98. The van der Waals surface area contributed by atoms with Gasteiger partial charge in [-0.2, -0.15) is 0 Å². The summed E-state index contributed by atoms with van der Waals surface area (Å²) in [5.41, 5.74) is 6.40. The monoisotopic (exact) mass is 627 g/mol. The lowest BCUT2D eigenvalue weighted by Gasteiger charge is -2.27. The fraction of sp³-hybridized carbons (Fsp3) is 0.129. The number of fused-ring (bicyclic) bond motifs is 1. The molecule has 0 radical (unpaired) electrons. The number of ether oxygens (including phenoxy) is 1. The molecule has 14 heteroatoms. The molecule has 1 aromatic heterocycles. The summed E-state index contributed by atoms with van der Waals surface area (Å²) in [4.78, 5) is 63.2. The Balaban J connectivity index is 1.81. The molecule has 2 heterocycles. The molecule has 0 fully saturated rings. The number of nitrogens with zero attached hydrogens (tertiary/aromatic N) is 3. The van der Waals surface area contributed by atoms with Crippen LogP contribution in [0.25, 0.3) is 17.5 Å². The molecule has 0 saturated carbocycles. The summed E-state index contributed by atoms with van der Waals surface area (Å²) in [7, 11) is 0. The molecule has 3 aromatic carbocycles. The van der Waals surface area contributed by atoms with Crippen molar-refractivity contribution in [2.24, 2.45) is 5.73 Å². The summed E-state index contributed by atoms with van der Waals surface area (Å²) in [5.74, 6) is -3.11. The summed E-state index contributed by atoms with van der Waals surface area (Å²) >= 11 is 0.896. The van der Waals surface area contributed by atoms with Crippen LogP contribution in [0.4, 0.5) is 11.4 Å². The Labute approximate surface area is 258 Å². The van der Waals surface area contributed by atoms with Gasteiger partial charge in [-0.1, -0.05) is 54.6 Å². The Kier molecular flexibility index (Phi) is 8.67. The number of hydrogen-bond acceptors (Lipinski definition) is 10. The number of rotatable bonds is 9. The number of carbonyl (C=O) groups is 2. The van der Waals surface area contributed by atoms with Crippen LogP contribution in [-0.4, -0.2) is 32.9 Å². The predicted molar refractivity (Wildman–Crippen MR) is 166 cm³/mol. The van der Waals surface area contributed by atoms with Gasteiger partial charge in [0.2, 0.25) is 0 Å². The van der Waals surface area contributed by atoms with Crippen molar-refractivity contribution in [3.05, 3.63) is 141 Å². The lowest BCUT2D eigenvalue weighted by atomic mass is 9.82. The number of nitrogens with one attached hydrogen (secondary N) is 1. The highest BCUT2D eigenvalue weighted by molar-refractivity contribution is 7.07. The van der Waals surface area contributed by atoms with Crippen LogP contribution in [0, 0.1) is 20.2 Å². The summed E-state index contributed by atoms with van der Waals surface area (Å²) < 4.78 is 6.49. The number of esters is 1. The fourth-order valence-corrected chi connectivity index (χ4v) is 6.16. The van der Waals surface area contributed by atoms with Crippen LogP contribution in [0.3, 0.4) is 0 Å². The number of aromatic nitrogens is 1. The number of thiazole rings is 1. The zero-order valence-electron chi connectivity index (χ0n) is 23.7. The van der Waals surface area contributed by atoms with Crippen LogP contribution in [0.1, 0.15) is 29.5 Å². The van der Waals surface area contributed by atoms with Gasteiger partial charge in [0.05, 0.1) is 38.0 Å². The van der Waals surface area contributed by atoms with Crippen LogP contribution in [-0.2, 0) is 20.9 Å². The Bertz CT molecular complexity index is 2070. The average molecular weight is 628 g/mol. The molecule has 0 spiro atoms. The van der Waals surface area contributed by atoms with E-state index in [1.165, 1.54) is 48.5 Å². The van der Waals surface area contributed by atoms with E-state index in [4.69, 9.17) is 10.5 Å². The van der Waals surface area contributed by atoms with Crippen molar-refractivity contribution in [1.29, 1.82) is 0 Å². The quantitative estimate of drug-likeness (QED) is 0.160. The Hall–Kier alpha value is -5.89. The number of non-ortho nitro benzene ring substituents is 2. The lowest BCUT2D eigenvalue weighted by Crippen LogP contribution is -2.43. The Morgan fingerprint density at radius 3 is 2.31 bits per heavy atom. The topological polar surface area (TPSA) is 190 Å². The van der Waals surface area contributed by atoms with Gasteiger partial charge >= 0.3 is 5.97 Å². The highest BCUT2D eigenvalue weighted by atomic mass is 32.1. The van der Waals surface area contributed by atoms with E-state index in [1.54, 1.807) is 37.3 Å². The smallest absolute Gasteiger partial charge is 0.338 e. The van der Waals surface area contributed by atoms with Crippen molar-refractivity contribution < 1.29 is 24.2 Å². The molecule has 0 saturated heterocycles. The number of benzene rings is 3. The van der Waals surface area contributed by atoms with E-state index < -0.39 is 33.2 Å². The Morgan fingerprint density at radius 1 is 0.978 bits per heavy atom. The van der Waals surface area contributed by atoms with Crippen LogP contribution in [0.15, 0.2) is 89.2 Å². The molecule has 3 N–H and O–H groups in total. The van der Waals surface area contributed by atoms with Gasteiger partial charge in [0, 0.05) is 30.8 Å². The lowest BCUT2D eigenvalue weighted by molar-refractivity contribution is -0.385. The van der Waals surface area contributed by atoms with Crippen molar-refractivity contribution >= 4 is 52.1 Å². The van der Waals surface area contributed by atoms with Crippen molar-refractivity contribution in [1.82, 2.24) is 9.88 Å². The van der Waals surface area contributed by atoms with E-state index in [1.807, 2.05) is 6.07 Å². The Morgan fingerprint density at radius 2 is 1.64 bits per heavy atom. The standard InChI is InChI=1S/C31H25N5O8S/c1-2-44-31(39)25-24(20-11-7-13-22(16-20)36(42)43)26(28(37)33-17-18-8-4-3-5-9-18)30-34(27(25)32)29(38)23(45-30)15-19-10-6-12-21(14-19)35(40)41/h3-16,24H,2,17,32H2,1H3,(H,33,37)/b23-15-. The van der Waals surface area contributed by atoms with Crippen molar-refractivity contribution in [2.45, 2.75) is 19.4 Å². The second-order valence-corrected chi connectivity index (χ2v) is 10.8. The normalized spacial score (nSPS) is 14.6. The third-order valence-corrected chi connectivity index (χ3v) is 8.09. The second kappa shape index (κ2) is 12.8. The van der Waals surface area contributed by atoms with E-state index in [0.29, 0.717) is 5.56 Å². The molecular weight excluding hydrogens is 602 g/mol. The summed E-state index contributed by atoms with van der Waals surface area (Å²) in [6, 6.07) is 20.1. The van der Waals surface area contributed by atoms with Crippen LogP contribution >= 0.6 is 11.3 Å². The SMILES string of the molecule is CCOC(=O)C1=C(N)n2c(s/c(=C\c3cccc([N+](=O)[O-])c3)c2=O)=C(C(=O)NCc2ccccc2)C1c1cccc([N+](=O)[O-])c1. The molecular formula is C31H25N5O8S. The zero-order chi connectivity index (χ0) is 32.2. The number of amides is 1. The maximum absolute atomic E-state index is 14.1. The number of hydrogen-bond donors (Lipinski definition) is 2. The molecule has 5 rings (SSSR count). The molecule has 13 nitrogen and oxygen atoms in total. The summed E-state index contributed by atoms with van der Waals surface area (Å²) in [5, 5.41) is 25.8. The van der Waals surface area contributed by atoms with Gasteiger partial charge in [-0.15, -0.1) is 11.3 Å². The molecule has 1 aliphatic rings. The summed E-state index contributed by atoms with van der Waals surface area (Å²) in [6.45, 7) is 1.62. The molecule has 1 amide bonds. The molecule has 1 atom stereocenters. The third kappa shape index (κ3) is 6.12. The highest BCUT2D eigenvalue weighted by Crippen LogP contribution is 2.38. The first kappa shape index (κ1) is 30.6. The van der Waals surface area contributed by atoms with E-state index >= 15 is 0 Å². The minimum atomic E-state index is -1.25. The van der Waals surface area contributed by atoms with Gasteiger partial charge in [0.1, 0.15) is 10.5 Å². The number of nitro benzene ring substituents is 2. The molecule has 228 valence electrons. The second-order valence-electron chi connectivity index (χ2n) is 9.79. The molecule has 0 aliphatic carbocycles. The van der Waals surface area contributed by atoms with Crippen LogP contribution < -0.4 is 25.8 Å². The number of nitro groups is 2. The molecule has 1 unspecified atom stereocenters. The van der Waals surface area contributed by atoms with Gasteiger partial charge in [0.15, 0.2) is 0 Å². The minimum absolute atomic E-state index is 0.0514. The maximum atomic E-state index is 14.1. The molecule has 4 aromatic rings. The average Bonchev–Trinajstić information content (AvgIpc) is 3.35.